The summed E-state index contributed by atoms with van der Waals surface area (Å²) < 4.78 is 5.09. The lowest BCUT2D eigenvalue weighted by molar-refractivity contribution is -0.0423. The summed E-state index contributed by atoms with van der Waals surface area (Å²) in [5, 5.41) is 0. The van der Waals surface area contributed by atoms with E-state index < -0.39 is 0 Å². The first-order valence-electron chi connectivity index (χ1n) is 4.65. The molecule has 64 valence electrons. The summed E-state index contributed by atoms with van der Waals surface area (Å²) >= 11 is 0. The molecule has 2 heteroatoms. The maximum absolute atomic E-state index is 5.09. The lowest BCUT2D eigenvalue weighted by atomic mass is 9.79. The molecule has 0 N–H and O–H groups in total. The zero-order valence-corrected chi connectivity index (χ0v) is 7.25. The van der Waals surface area contributed by atoms with Gasteiger partial charge in [-0.05, 0) is 31.7 Å². The minimum Gasteiger partial charge on any atom is -0.385 e. The first-order chi connectivity index (χ1) is 5.42. The number of ether oxygens (including phenoxy) is 1. The van der Waals surface area contributed by atoms with E-state index in [1.54, 1.807) is 7.11 Å². The number of hydrogen-bond acceptors (Lipinski definition) is 2. The van der Waals surface area contributed by atoms with Gasteiger partial charge in [0.2, 0.25) is 0 Å². The van der Waals surface area contributed by atoms with Crippen molar-refractivity contribution in [3.63, 3.8) is 0 Å². The molecule has 0 radical (unpaired) electrons. The summed E-state index contributed by atoms with van der Waals surface area (Å²) in [6.07, 6.45) is 4.14. The van der Waals surface area contributed by atoms with Crippen LogP contribution in [0.1, 0.15) is 19.3 Å². The fourth-order valence-corrected chi connectivity index (χ4v) is 2.47. The van der Waals surface area contributed by atoms with Crippen LogP contribution >= 0.6 is 0 Å². The Hall–Kier alpha value is -0.0800. The second kappa shape index (κ2) is 3.11. The maximum atomic E-state index is 5.09. The molecule has 0 amide bonds. The number of piperidine rings is 2. The van der Waals surface area contributed by atoms with Crippen LogP contribution in [0.4, 0.5) is 0 Å². The van der Waals surface area contributed by atoms with E-state index in [0.717, 1.165) is 18.6 Å². The van der Waals surface area contributed by atoms with E-state index in [4.69, 9.17) is 4.74 Å². The van der Waals surface area contributed by atoms with Gasteiger partial charge in [0.15, 0.2) is 0 Å². The first-order valence-corrected chi connectivity index (χ1v) is 4.65. The topological polar surface area (TPSA) is 12.5 Å². The van der Waals surface area contributed by atoms with E-state index in [2.05, 4.69) is 4.90 Å². The van der Waals surface area contributed by atoms with Crippen LogP contribution in [0.2, 0.25) is 0 Å². The smallest absolute Gasteiger partial charge is 0.0477 e. The van der Waals surface area contributed by atoms with Gasteiger partial charge in [0.05, 0.1) is 0 Å². The van der Waals surface area contributed by atoms with Crippen LogP contribution in [-0.2, 0) is 4.74 Å². The van der Waals surface area contributed by atoms with Crippen molar-refractivity contribution in [1.29, 1.82) is 0 Å². The van der Waals surface area contributed by atoms with Crippen molar-refractivity contribution in [3.05, 3.63) is 0 Å². The third kappa shape index (κ3) is 1.30. The third-order valence-electron chi connectivity index (χ3n) is 3.12. The number of methoxy groups -OCH3 is 1. The second-order valence-electron chi connectivity index (χ2n) is 3.75. The van der Waals surface area contributed by atoms with Crippen LogP contribution in [0.25, 0.3) is 0 Å². The van der Waals surface area contributed by atoms with Crippen LogP contribution in [0.15, 0.2) is 0 Å². The minimum atomic E-state index is 0.878. The predicted molar refractivity (Wildman–Crippen MR) is 44.6 cm³/mol. The molecule has 2 nitrogen and oxygen atoms in total. The Balaban J connectivity index is 1.77. The highest BCUT2D eigenvalue weighted by atomic mass is 16.5. The molecule has 0 spiro atoms. The Kier molecular flexibility index (Phi) is 2.14. The second-order valence-corrected chi connectivity index (χ2v) is 3.75. The van der Waals surface area contributed by atoms with E-state index >= 15 is 0 Å². The molecule has 3 aliphatic heterocycles. The SMILES string of the molecule is COCCC1C2CCCN1C2. The van der Waals surface area contributed by atoms with Gasteiger partial charge in [0.1, 0.15) is 0 Å². The Morgan fingerprint density at radius 3 is 3.00 bits per heavy atom. The largest absolute Gasteiger partial charge is 0.385 e. The fraction of sp³-hybridized carbons (Fsp3) is 1.00. The number of rotatable bonds is 3. The fourth-order valence-electron chi connectivity index (χ4n) is 2.47. The molecule has 3 heterocycles. The van der Waals surface area contributed by atoms with Crippen molar-refractivity contribution in [1.82, 2.24) is 4.90 Å². The van der Waals surface area contributed by atoms with E-state index in [9.17, 15) is 0 Å². The van der Waals surface area contributed by atoms with E-state index in [0.29, 0.717) is 0 Å². The molecule has 3 fully saturated rings. The predicted octanol–water partition coefficient (Wildman–Crippen LogP) is 1.12. The van der Waals surface area contributed by atoms with Gasteiger partial charge in [0, 0.05) is 26.3 Å². The molecule has 2 bridgehead atoms. The molecule has 11 heavy (non-hydrogen) atoms. The molecular weight excluding hydrogens is 138 g/mol. The number of fused-ring (bicyclic) bond motifs is 2. The quantitative estimate of drug-likeness (QED) is 0.605. The van der Waals surface area contributed by atoms with Gasteiger partial charge in [-0.2, -0.15) is 0 Å². The summed E-state index contributed by atoms with van der Waals surface area (Å²) in [7, 11) is 1.80. The van der Waals surface area contributed by atoms with Crippen LogP contribution in [0, 0.1) is 5.92 Å². The summed E-state index contributed by atoms with van der Waals surface area (Å²) in [4.78, 5) is 2.60. The average Bonchev–Trinajstić information content (AvgIpc) is 2.06. The monoisotopic (exact) mass is 155 g/mol. The molecule has 3 unspecified atom stereocenters. The van der Waals surface area contributed by atoms with Crippen LogP contribution < -0.4 is 0 Å². The number of hydrogen-bond donors (Lipinski definition) is 0. The highest BCUT2D eigenvalue weighted by Gasteiger charge is 2.40. The first kappa shape index (κ1) is 7.56. The number of nitrogens with zero attached hydrogens (tertiary/aromatic N) is 1. The summed E-state index contributed by atoms with van der Waals surface area (Å²) in [6.45, 7) is 3.65. The van der Waals surface area contributed by atoms with Crippen molar-refractivity contribution in [3.8, 4) is 0 Å². The van der Waals surface area contributed by atoms with Gasteiger partial charge in [0.25, 0.3) is 0 Å². The highest BCUT2D eigenvalue weighted by Crippen LogP contribution is 2.35. The Morgan fingerprint density at radius 2 is 2.45 bits per heavy atom. The Labute approximate surface area is 68.5 Å². The molecule has 0 saturated carbocycles. The van der Waals surface area contributed by atoms with Crippen molar-refractivity contribution in [2.24, 2.45) is 5.92 Å². The van der Waals surface area contributed by atoms with Gasteiger partial charge >= 0.3 is 0 Å². The van der Waals surface area contributed by atoms with Crippen molar-refractivity contribution in [2.75, 3.05) is 26.8 Å². The van der Waals surface area contributed by atoms with Gasteiger partial charge in [-0.1, -0.05) is 0 Å². The van der Waals surface area contributed by atoms with E-state index in [1.807, 2.05) is 0 Å². The van der Waals surface area contributed by atoms with Gasteiger partial charge in [-0.15, -0.1) is 0 Å². The Bertz CT molecular complexity index is 124. The molecule has 0 aliphatic carbocycles. The van der Waals surface area contributed by atoms with Crippen molar-refractivity contribution < 1.29 is 4.74 Å². The van der Waals surface area contributed by atoms with Gasteiger partial charge in [-0.25, -0.2) is 0 Å². The van der Waals surface area contributed by atoms with Crippen LogP contribution in [0.3, 0.4) is 0 Å². The molecule has 0 aromatic carbocycles. The lowest BCUT2D eigenvalue weighted by Gasteiger charge is -2.52. The van der Waals surface area contributed by atoms with Crippen LogP contribution in [-0.4, -0.2) is 37.7 Å². The van der Waals surface area contributed by atoms with Gasteiger partial charge in [-0.3, -0.25) is 4.90 Å². The molecule has 3 saturated heterocycles. The molecule has 3 aliphatic rings. The lowest BCUT2D eigenvalue weighted by Crippen LogP contribution is -2.59. The zero-order valence-electron chi connectivity index (χ0n) is 7.25. The summed E-state index contributed by atoms with van der Waals surface area (Å²) in [5.41, 5.74) is 0. The molecule has 3 atom stereocenters. The average molecular weight is 155 g/mol. The van der Waals surface area contributed by atoms with Crippen molar-refractivity contribution >= 4 is 0 Å². The third-order valence-corrected chi connectivity index (χ3v) is 3.12. The molecule has 0 aromatic heterocycles. The zero-order chi connectivity index (χ0) is 7.68. The molecular formula is C9H17NO. The summed E-state index contributed by atoms with van der Waals surface area (Å²) in [6, 6.07) is 0.878. The molecule has 0 aromatic rings. The van der Waals surface area contributed by atoms with E-state index in [1.165, 1.54) is 32.4 Å². The van der Waals surface area contributed by atoms with Crippen molar-refractivity contribution in [2.45, 2.75) is 25.3 Å². The normalized spacial score (nSPS) is 41.7. The Morgan fingerprint density at radius 1 is 1.55 bits per heavy atom. The van der Waals surface area contributed by atoms with Crippen LogP contribution in [0.5, 0.6) is 0 Å². The minimum absolute atomic E-state index is 0.878. The maximum Gasteiger partial charge on any atom is 0.0477 e. The van der Waals surface area contributed by atoms with Gasteiger partial charge < -0.3 is 4.74 Å². The van der Waals surface area contributed by atoms with E-state index in [-0.39, 0.29) is 0 Å². The highest BCUT2D eigenvalue weighted by molar-refractivity contribution is 4.94. The standard InChI is InChI=1S/C9H17NO/c1-11-6-4-9-8-3-2-5-10(9)7-8/h8-9H,2-7H2,1H3. The summed E-state index contributed by atoms with van der Waals surface area (Å²) in [5.74, 6) is 1.01. The molecule has 3 rings (SSSR count).